The Morgan fingerprint density at radius 2 is 0.524 bits per heavy atom. The number of carboxylic acid groups (broad SMARTS) is 1. The average Bonchev–Trinajstić information content (AvgIpc) is 1.01. The number of carbonyl (C=O) groups is 3. The fourth-order valence-electron chi connectivity index (χ4n) is 10.8. The summed E-state index contributed by atoms with van der Waals surface area (Å²) in [5, 5.41) is 11.9. The summed E-state index contributed by atoms with van der Waals surface area (Å²) >= 11 is 0. The monoisotopic (exact) mass is 1420 g/mol. The zero-order valence-electron chi connectivity index (χ0n) is 66.4. The summed E-state index contributed by atoms with van der Waals surface area (Å²) in [6, 6.07) is 0. The molecule has 0 saturated heterocycles. The lowest BCUT2D eigenvalue weighted by molar-refractivity contribution is -0.870. The van der Waals surface area contributed by atoms with Crippen LogP contribution < -0.4 is 5.11 Å². The van der Waals surface area contributed by atoms with E-state index in [1.807, 2.05) is 21.1 Å². The van der Waals surface area contributed by atoms with Crippen molar-refractivity contribution in [3.05, 3.63) is 207 Å². The van der Waals surface area contributed by atoms with Crippen LogP contribution in [-0.2, 0) is 33.3 Å². The zero-order valence-corrected chi connectivity index (χ0v) is 66.4. The lowest BCUT2D eigenvalue weighted by Gasteiger charge is -2.26. The highest BCUT2D eigenvalue weighted by atomic mass is 16.7. The van der Waals surface area contributed by atoms with Crippen LogP contribution in [0.1, 0.15) is 309 Å². The van der Waals surface area contributed by atoms with Crippen molar-refractivity contribution >= 4 is 17.9 Å². The minimum absolute atomic E-state index is 0.137. The second-order valence-electron chi connectivity index (χ2n) is 27.9. The van der Waals surface area contributed by atoms with E-state index < -0.39 is 24.3 Å². The lowest BCUT2D eigenvalue weighted by atomic mass is 10.0. The van der Waals surface area contributed by atoms with E-state index in [2.05, 4.69) is 220 Å². The highest BCUT2D eigenvalue weighted by molar-refractivity contribution is 5.70. The van der Waals surface area contributed by atoms with Gasteiger partial charge in [-0.15, -0.1) is 0 Å². The van der Waals surface area contributed by atoms with Crippen LogP contribution in [0.25, 0.3) is 0 Å². The van der Waals surface area contributed by atoms with E-state index in [9.17, 15) is 19.5 Å². The minimum Gasteiger partial charge on any atom is -0.545 e. The Labute approximate surface area is 633 Å². The number of likely N-dealkylation sites (N-methyl/N-ethyl adjacent to an activating group) is 1. The normalized spacial score (nSPS) is 13.8. The lowest BCUT2D eigenvalue weighted by Crippen LogP contribution is -2.44. The number of allylic oxidation sites excluding steroid dienone is 34. The molecule has 0 aliphatic heterocycles. The molecule has 9 heteroatoms. The molecule has 0 amide bonds. The maximum atomic E-state index is 13.0. The van der Waals surface area contributed by atoms with E-state index in [1.54, 1.807) is 0 Å². The first-order valence-electron chi connectivity index (χ1n) is 41.2. The van der Waals surface area contributed by atoms with Gasteiger partial charge in [-0.3, -0.25) is 9.59 Å². The fourth-order valence-corrected chi connectivity index (χ4v) is 10.8. The third kappa shape index (κ3) is 83.0. The maximum absolute atomic E-state index is 13.0. The standard InChI is InChI=1S/C94H151NO8/c1-6-8-10-12-14-16-18-20-22-24-26-28-30-32-34-36-38-40-42-44-45-46-47-49-51-53-55-57-59-61-63-65-67-69-71-73-75-77-79-81-83-85-92(97)103-90(89-102-94(93(98)99)100-87-86-95(3,4)5)88-101-91(96)84-82-80-78-76-74-72-70-68-66-64-62-60-58-56-54-52-50-48-43-41-39-37-35-33-31-29-27-25-23-21-19-17-15-13-11-9-7-2/h8-11,14-17,20-23,26-29,32-35,38-41,44-45,47,49,53,55,59,61,65,67,90,94H,6-7,12-13,18-19,24-25,30-31,36-37,42-43,46,48,50-52,54,56-58,60,62-64,66,68-89H2,1-5H3/b10-8-,11-9-,16-14-,17-15-,22-20-,23-21-,28-26-,29-27-,34-32-,35-33-,40-38-,41-39-,45-44-,49-47-,55-53-,61-59-,67-65-. The minimum atomic E-state index is -1.64. The summed E-state index contributed by atoms with van der Waals surface area (Å²) < 4.78 is 22.8. The van der Waals surface area contributed by atoms with Crippen LogP contribution in [0.5, 0.6) is 0 Å². The van der Waals surface area contributed by atoms with Gasteiger partial charge < -0.3 is 33.3 Å². The van der Waals surface area contributed by atoms with E-state index >= 15 is 0 Å². The summed E-state index contributed by atoms with van der Waals surface area (Å²) in [5.74, 6) is -2.31. The molecule has 0 N–H and O–H groups in total. The van der Waals surface area contributed by atoms with E-state index in [0.717, 1.165) is 154 Å². The molecule has 0 aromatic heterocycles. The average molecular weight is 1420 g/mol. The van der Waals surface area contributed by atoms with Gasteiger partial charge in [-0.05, 0) is 148 Å². The number of nitrogens with zero attached hydrogens (tertiary/aromatic N) is 1. The largest absolute Gasteiger partial charge is 0.545 e. The number of quaternary nitrogens is 1. The molecule has 0 spiro atoms. The van der Waals surface area contributed by atoms with Gasteiger partial charge in [0.1, 0.15) is 13.2 Å². The quantitative estimate of drug-likeness (QED) is 0.0195. The molecule has 0 saturated carbocycles. The first kappa shape index (κ1) is 96.9. The SMILES string of the molecule is CC/C=C\C/C=C\C/C=C\C/C=C\C/C=C\C/C=C\C/C=C\C/C=C\C/C=C\C/C=C\C/C=C\CCCCCCCCCC(=O)OC(COC(=O)CCCCCCCCCCCCCCCCCCCC/C=C\C/C=C\C/C=C\C/C=C\C/C=C\C/C=C\CC)COC(OCC[N+](C)(C)C)C(=O)[O-]. The van der Waals surface area contributed by atoms with Gasteiger partial charge in [0.15, 0.2) is 12.4 Å². The molecule has 0 radical (unpaired) electrons. The number of rotatable bonds is 74. The topological polar surface area (TPSA) is 111 Å². The van der Waals surface area contributed by atoms with Gasteiger partial charge in [-0.25, -0.2) is 0 Å². The molecule has 0 aromatic rings. The third-order valence-electron chi connectivity index (χ3n) is 17.0. The number of hydrogen-bond donors (Lipinski definition) is 0. The zero-order chi connectivity index (χ0) is 74.6. The van der Waals surface area contributed by atoms with Crippen LogP contribution in [0, 0.1) is 0 Å². The molecular formula is C94H151NO8. The smallest absolute Gasteiger partial charge is 0.306 e. The number of unbranched alkanes of at least 4 members (excludes halogenated alkanes) is 25. The summed E-state index contributed by atoms with van der Waals surface area (Å²) in [6.07, 6.45) is 124. The molecule has 0 bridgehead atoms. The van der Waals surface area contributed by atoms with Crippen molar-refractivity contribution in [2.45, 2.75) is 322 Å². The Hall–Kier alpha value is -6.13. The molecule has 580 valence electrons. The first-order chi connectivity index (χ1) is 50.6. The number of aliphatic carboxylic acids is 1. The van der Waals surface area contributed by atoms with Gasteiger partial charge in [-0.1, -0.05) is 355 Å². The van der Waals surface area contributed by atoms with Crippen molar-refractivity contribution < 1.29 is 42.9 Å². The molecule has 0 aromatic carbocycles. The molecule has 0 heterocycles. The number of ether oxygens (including phenoxy) is 4. The van der Waals surface area contributed by atoms with Crippen molar-refractivity contribution in [3.8, 4) is 0 Å². The second-order valence-corrected chi connectivity index (χ2v) is 27.9. The Bertz CT molecular complexity index is 2460. The Morgan fingerprint density at radius 3 is 0.777 bits per heavy atom. The van der Waals surface area contributed by atoms with Gasteiger partial charge in [0, 0.05) is 12.8 Å². The highest BCUT2D eigenvalue weighted by Gasteiger charge is 2.22. The number of hydrogen-bond acceptors (Lipinski definition) is 8. The van der Waals surface area contributed by atoms with E-state index in [0.29, 0.717) is 17.4 Å². The second kappa shape index (κ2) is 81.5. The molecule has 0 rings (SSSR count). The molecule has 0 aliphatic carbocycles. The van der Waals surface area contributed by atoms with Crippen LogP contribution in [0.4, 0.5) is 0 Å². The van der Waals surface area contributed by atoms with Crippen LogP contribution in [-0.4, -0.2) is 82.3 Å². The molecule has 9 nitrogen and oxygen atoms in total. The van der Waals surface area contributed by atoms with Crippen LogP contribution in [0.3, 0.4) is 0 Å². The van der Waals surface area contributed by atoms with Gasteiger partial charge >= 0.3 is 11.9 Å². The molecular weight excluding hydrogens is 1270 g/mol. The summed E-state index contributed by atoms with van der Waals surface area (Å²) in [6.45, 7) is 4.51. The highest BCUT2D eigenvalue weighted by Crippen LogP contribution is 2.17. The van der Waals surface area contributed by atoms with Crippen molar-refractivity contribution in [1.82, 2.24) is 0 Å². The van der Waals surface area contributed by atoms with Crippen LogP contribution >= 0.6 is 0 Å². The number of carboxylic acids is 1. The van der Waals surface area contributed by atoms with Crippen molar-refractivity contribution in [2.24, 2.45) is 0 Å². The van der Waals surface area contributed by atoms with Gasteiger partial charge in [0.25, 0.3) is 0 Å². The molecule has 2 unspecified atom stereocenters. The fraction of sp³-hybridized carbons (Fsp3) is 0.606. The number of esters is 2. The van der Waals surface area contributed by atoms with E-state index in [-0.39, 0.29) is 38.6 Å². The molecule has 0 aliphatic rings. The van der Waals surface area contributed by atoms with E-state index in [1.165, 1.54) is 122 Å². The molecule has 2 atom stereocenters. The Kier molecular flexibility index (Phi) is 76.7. The summed E-state index contributed by atoms with van der Waals surface area (Å²) in [4.78, 5) is 37.6. The maximum Gasteiger partial charge on any atom is 0.306 e. The Morgan fingerprint density at radius 1 is 0.291 bits per heavy atom. The predicted molar refractivity (Wildman–Crippen MR) is 444 cm³/mol. The van der Waals surface area contributed by atoms with Crippen LogP contribution in [0.2, 0.25) is 0 Å². The summed E-state index contributed by atoms with van der Waals surface area (Å²) in [5.41, 5.74) is 0. The first-order valence-corrected chi connectivity index (χ1v) is 41.2. The van der Waals surface area contributed by atoms with Crippen molar-refractivity contribution in [3.63, 3.8) is 0 Å². The third-order valence-corrected chi connectivity index (χ3v) is 17.0. The van der Waals surface area contributed by atoms with Gasteiger partial charge in [0.2, 0.25) is 0 Å². The predicted octanol–water partition coefficient (Wildman–Crippen LogP) is 25.7. The van der Waals surface area contributed by atoms with Crippen molar-refractivity contribution in [1.29, 1.82) is 0 Å². The van der Waals surface area contributed by atoms with Crippen molar-refractivity contribution in [2.75, 3.05) is 47.5 Å². The Balaban J connectivity index is 4.12. The molecule has 103 heavy (non-hydrogen) atoms. The summed E-state index contributed by atoms with van der Waals surface area (Å²) in [7, 11) is 5.92. The van der Waals surface area contributed by atoms with E-state index in [4.69, 9.17) is 18.9 Å². The van der Waals surface area contributed by atoms with Gasteiger partial charge in [-0.2, -0.15) is 0 Å². The molecule has 0 fully saturated rings. The van der Waals surface area contributed by atoms with Crippen LogP contribution in [0.15, 0.2) is 207 Å². The van der Waals surface area contributed by atoms with Gasteiger partial charge in [0.05, 0.1) is 40.3 Å². The number of carbonyl (C=O) groups excluding carboxylic acids is 3.